The molecule has 1 aromatic heterocycles. The molecule has 3 N–H and O–H groups in total. The van der Waals surface area contributed by atoms with E-state index < -0.39 is 0 Å². The average Bonchev–Trinajstić information content (AvgIpc) is 2.23. The molecule has 4 aliphatic carbocycles. The molecular formula is C15H20ClN3. The molecule has 102 valence electrons. The minimum atomic E-state index is 0.263. The van der Waals surface area contributed by atoms with Crippen LogP contribution >= 0.6 is 11.6 Å². The molecule has 0 spiro atoms. The van der Waals surface area contributed by atoms with Crippen LogP contribution in [0.15, 0.2) is 12.1 Å². The van der Waals surface area contributed by atoms with Gasteiger partial charge in [0.2, 0.25) is 0 Å². The van der Waals surface area contributed by atoms with Crippen LogP contribution < -0.4 is 11.1 Å². The summed E-state index contributed by atoms with van der Waals surface area (Å²) in [7, 11) is 0. The lowest BCUT2D eigenvalue weighted by molar-refractivity contribution is 0.0105. The first-order valence-electron chi connectivity index (χ1n) is 7.31. The van der Waals surface area contributed by atoms with Crippen molar-refractivity contribution in [1.29, 1.82) is 0 Å². The van der Waals surface area contributed by atoms with Crippen LogP contribution in [-0.2, 0) is 0 Å². The van der Waals surface area contributed by atoms with E-state index in [9.17, 15) is 0 Å². The van der Waals surface area contributed by atoms with Crippen LogP contribution in [0, 0.1) is 17.8 Å². The lowest BCUT2D eigenvalue weighted by atomic mass is 9.53. The Morgan fingerprint density at radius 3 is 2.21 bits per heavy atom. The molecule has 4 bridgehead atoms. The third-order valence-electron chi connectivity index (χ3n) is 5.25. The van der Waals surface area contributed by atoms with Gasteiger partial charge in [-0.15, -0.1) is 0 Å². The topological polar surface area (TPSA) is 50.9 Å². The number of pyridine rings is 1. The van der Waals surface area contributed by atoms with Gasteiger partial charge in [0.1, 0.15) is 11.0 Å². The van der Waals surface area contributed by atoms with Gasteiger partial charge in [-0.25, -0.2) is 4.98 Å². The highest BCUT2D eigenvalue weighted by Gasteiger charge is 2.51. The fraction of sp³-hybridized carbons (Fsp3) is 0.667. The Labute approximate surface area is 118 Å². The van der Waals surface area contributed by atoms with Crippen LogP contribution in [0.25, 0.3) is 0 Å². The fourth-order valence-electron chi connectivity index (χ4n) is 5.12. The maximum Gasteiger partial charge on any atom is 0.133 e. The quantitative estimate of drug-likeness (QED) is 0.811. The second kappa shape index (κ2) is 4.02. The van der Waals surface area contributed by atoms with E-state index in [0.29, 0.717) is 10.8 Å². The molecule has 1 aromatic rings. The standard InChI is InChI=1S/C15H20ClN3/c16-13-4-12(17)5-14(18-13)19-15-6-9-1-10(7-15)3-11(2-9)8-15/h4-5,9-11H,1-3,6-8H2,(H3,17,18,19). The van der Waals surface area contributed by atoms with Crippen LogP contribution in [0.3, 0.4) is 0 Å². The third-order valence-corrected chi connectivity index (χ3v) is 5.44. The van der Waals surface area contributed by atoms with Crippen molar-refractivity contribution in [3.8, 4) is 0 Å². The largest absolute Gasteiger partial charge is 0.399 e. The summed E-state index contributed by atoms with van der Waals surface area (Å²) in [6.45, 7) is 0. The van der Waals surface area contributed by atoms with Crippen LogP contribution in [-0.4, -0.2) is 10.5 Å². The number of nitrogens with two attached hydrogens (primary N) is 1. The van der Waals surface area contributed by atoms with Crippen molar-refractivity contribution in [2.24, 2.45) is 17.8 Å². The van der Waals surface area contributed by atoms with E-state index in [-0.39, 0.29) is 5.54 Å². The number of hydrogen-bond acceptors (Lipinski definition) is 3. The highest BCUT2D eigenvalue weighted by molar-refractivity contribution is 6.29. The second-order valence-corrected chi connectivity index (χ2v) is 7.32. The lowest BCUT2D eigenvalue weighted by Gasteiger charge is -2.57. The molecule has 0 amide bonds. The van der Waals surface area contributed by atoms with Gasteiger partial charge < -0.3 is 11.1 Å². The van der Waals surface area contributed by atoms with Gasteiger partial charge in [0.05, 0.1) is 0 Å². The summed E-state index contributed by atoms with van der Waals surface area (Å²) in [5.74, 6) is 3.63. The number of aromatic nitrogens is 1. The number of nitrogen functional groups attached to an aromatic ring is 1. The number of rotatable bonds is 2. The van der Waals surface area contributed by atoms with Crippen LogP contribution in [0.4, 0.5) is 11.5 Å². The first-order valence-corrected chi connectivity index (χ1v) is 7.69. The Balaban J connectivity index is 1.62. The maximum absolute atomic E-state index is 6.01. The minimum Gasteiger partial charge on any atom is -0.399 e. The van der Waals surface area contributed by atoms with E-state index in [1.54, 1.807) is 6.07 Å². The van der Waals surface area contributed by atoms with E-state index in [2.05, 4.69) is 10.3 Å². The van der Waals surface area contributed by atoms with Gasteiger partial charge in [-0.1, -0.05) is 11.6 Å². The van der Waals surface area contributed by atoms with E-state index >= 15 is 0 Å². The third kappa shape index (κ3) is 2.08. The first-order chi connectivity index (χ1) is 9.10. The number of nitrogens with one attached hydrogen (secondary N) is 1. The van der Waals surface area contributed by atoms with Crippen LogP contribution in [0.1, 0.15) is 38.5 Å². The van der Waals surface area contributed by atoms with Gasteiger partial charge in [-0.2, -0.15) is 0 Å². The van der Waals surface area contributed by atoms with Gasteiger partial charge in [-0.05, 0) is 62.3 Å². The highest BCUT2D eigenvalue weighted by atomic mass is 35.5. The molecule has 0 aliphatic heterocycles. The number of anilines is 2. The zero-order valence-corrected chi connectivity index (χ0v) is 11.8. The molecule has 1 heterocycles. The molecule has 4 saturated carbocycles. The number of hydrogen-bond donors (Lipinski definition) is 2. The van der Waals surface area contributed by atoms with E-state index in [4.69, 9.17) is 17.3 Å². The monoisotopic (exact) mass is 277 g/mol. The first kappa shape index (κ1) is 11.8. The van der Waals surface area contributed by atoms with Gasteiger partial charge in [0.15, 0.2) is 0 Å². The summed E-state index contributed by atoms with van der Waals surface area (Å²) in [4.78, 5) is 4.38. The lowest BCUT2D eigenvalue weighted by Crippen LogP contribution is -2.54. The molecular weight excluding hydrogens is 258 g/mol. The molecule has 0 unspecified atom stereocenters. The average molecular weight is 278 g/mol. The molecule has 3 nitrogen and oxygen atoms in total. The zero-order chi connectivity index (χ0) is 13.0. The SMILES string of the molecule is Nc1cc(Cl)nc(NC23CC4CC(CC(C4)C2)C3)c1. The summed E-state index contributed by atoms with van der Waals surface area (Å²) < 4.78 is 0. The minimum absolute atomic E-state index is 0.263. The molecule has 0 radical (unpaired) electrons. The Morgan fingerprint density at radius 2 is 1.68 bits per heavy atom. The summed E-state index contributed by atoms with van der Waals surface area (Å²) in [6, 6.07) is 3.61. The van der Waals surface area contributed by atoms with Crippen molar-refractivity contribution in [1.82, 2.24) is 4.98 Å². The molecule has 4 aliphatic rings. The van der Waals surface area contributed by atoms with Crippen molar-refractivity contribution in [3.63, 3.8) is 0 Å². The normalized spacial score (nSPS) is 39.5. The molecule has 5 rings (SSSR count). The summed E-state index contributed by atoms with van der Waals surface area (Å²) in [6.07, 6.45) is 8.25. The molecule has 0 atom stereocenters. The number of halogens is 1. The molecule has 19 heavy (non-hydrogen) atoms. The zero-order valence-electron chi connectivity index (χ0n) is 11.0. The molecule has 4 fully saturated rings. The van der Waals surface area contributed by atoms with Crippen molar-refractivity contribution in [2.75, 3.05) is 11.1 Å². The summed E-state index contributed by atoms with van der Waals surface area (Å²) in [5, 5.41) is 4.17. The smallest absolute Gasteiger partial charge is 0.133 e. The van der Waals surface area contributed by atoms with Gasteiger partial charge in [0.25, 0.3) is 0 Å². The Hall–Kier alpha value is -0.960. The molecule has 4 heteroatoms. The van der Waals surface area contributed by atoms with E-state index in [1.807, 2.05) is 6.07 Å². The van der Waals surface area contributed by atoms with Crippen molar-refractivity contribution >= 4 is 23.1 Å². The Bertz CT molecular complexity index is 459. The predicted molar refractivity (Wildman–Crippen MR) is 78.2 cm³/mol. The summed E-state index contributed by atoms with van der Waals surface area (Å²) in [5.41, 5.74) is 6.81. The van der Waals surface area contributed by atoms with Crippen molar-refractivity contribution in [2.45, 2.75) is 44.1 Å². The van der Waals surface area contributed by atoms with Crippen LogP contribution in [0.2, 0.25) is 5.15 Å². The molecule has 0 saturated heterocycles. The second-order valence-electron chi connectivity index (χ2n) is 6.93. The molecule has 0 aromatic carbocycles. The maximum atomic E-state index is 6.01. The van der Waals surface area contributed by atoms with E-state index in [1.165, 1.54) is 38.5 Å². The van der Waals surface area contributed by atoms with Gasteiger partial charge >= 0.3 is 0 Å². The highest BCUT2D eigenvalue weighted by Crippen LogP contribution is 2.56. The van der Waals surface area contributed by atoms with Crippen LogP contribution in [0.5, 0.6) is 0 Å². The Morgan fingerprint density at radius 1 is 1.11 bits per heavy atom. The Kier molecular flexibility index (Phi) is 2.50. The van der Waals surface area contributed by atoms with Gasteiger partial charge in [-0.3, -0.25) is 0 Å². The number of nitrogens with zero attached hydrogens (tertiary/aromatic N) is 1. The van der Waals surface area contributed by atoms with Crippen molar-refractivity contribution < 1.29 is 0 Å². The predicted octanol–water partition coefficient (Wildman–Crippen LogP) is 3.70. The van der Waals surface area contributed by atoms with Gasteiger partial charge in [0, 0.05) is 17.3 Å². The summed E-state index contributed by atoms with van der Waals surface area (Å²) >= 11 is 6.01. The van der Waals surface area contributed by atoms with Crippen molar-refractivity contribution in [3.05, 3.63) is 17.3 Å². The fourth-order valence-corrected chi connectivity index (χ4v) is 5.33. The van der Waals surface area contributed by atoms with E-state index in [0.717, 1.165) is 23.6 Å².